The molecular weight excluding hydrogens is 372 g/mol. The van der Waals surface area contributed by atoms with Crippen LogP contribution in [-0.2, 0) is 4.84 Å². The van der Waals surface area contributed by atoms with Crippen LogP contribution in [0.2, 0.25) is 0 Å². The molecule has 1 aliphatic rings. The van der Waals surface area contributed by atoms with Gasteiger partial charge in [0.05, 0.1) is 7.11 Å². The topological polar surface area (TPSA) is 34.1 Å². The average Bonchev–Trinajstić information content (AvgIpc) is 2.82. The van der Waals surface area contributed by atoms with Crippen molar-refractivity contribution in [1.82, 2.24) is 4.90 Å². The summed E-state index contributed by atoms with van der Waals surface area (Å²) in [6, 6.07) is 22.7. The molecule has 4 heteroatoms. The van der Waals surface area contributed by atoms with Crippen LogP contribution in [0.5, 0.6) is 5.75 Å². The van der Waals surface area contributed by atoms with Crippen molar-refractivity contribution in [2.24, 2.45) is 5.16 Å². The van der Waals surface area contributed by atoms with Crippen LogP contribution in [0.1, 0.15) is 36.8 Å². The lowest BCUT2D eigenvalue weighted by atomic mass is 9.96. The molecule has 0 unspecified atom stereocenters. The molecule has 156 valence electrons. The van der Waals surface area contributed by atoms with Crippen LogP contribution in [0.3, 0.4) is 0 Å². The molecule has 0 saturated carbocycles. The Morgan fingerprint density at radius 3 is 2.47 bits per heavy atom. The Morgan fingerprint density at radius 2 is 1.67 bits per heavy atom. The molecule has 0 bridgehead atoms. The van der Waals surface area contributed by atoms with Crippen molar-refractivity contribution < 1.29 is 9.57 Å². The first kappa shape index (κ1) is 20.4. The second kappa shape index (κ2) is 10.3. The molecule has 1 aliphatic heterocycles. The number of oxime groups is 1. The summed E-state index contributed by atoms with van der Waals surface area (Å²) in [6.45, 7) is 4.15. The Bertz CT molecular complexity index is 970. The zero-order valence-electron chi connectivity index (χ0n) is 17.7. The zero-order chi connectivity index (χ0) is 20.6. The fourth-order valence-electron chi connectivity index (χ4n) is 4.08. The van der Waals surface area contributed by atoms with Crippen molar-refractivity contribution in [3.8, 4) is 5.75 Å². The van der Waals surface area contributed by atoms with E-state index < -0.39 is 0 Å². The maximum absolute atomic E-state index is 5.83. The zero-order valence-corrected chi connectivity index (χ0v) is 17.7. The molecule has 4 rings (SSSR count). The predicted molar refractivity (Wildman–Crippen MR) is 123 cm³/mol. The molecule has 1 fully saturated rings. The van der Waals surface area contributed by atoms with Crippen LogP contribution >= 0.6 is 0 Å². The first-order valence-corrected chi connectivity index (χ1v) is 10.9. The van der Waals surface area contributed by atoms with E-state index in [-0.39, 0.29) is 0 Å². The molecule has 4 nitrogen and oxygen atoms in total. The highest BCUT2D eigenvalue weighted by Crippen LogP contribution is 2.23. The minimum Gasteiger partial charge on any atom is -0.497 e. The third-order valence-electron chi connectivity index (χ3n) is 5.72. The third-order valence-corrected chi connectivity index (χ3v) is 5.72. The van der Waals surface area contributed by atoms with Gasteiger partial charge in [0.2, 0.25) is 0 Å². The Morgan fingerprint density at radius 1 is 0.900 bits per heavy atom. The minimum absolute atomic E-state index is 0.626. The molecular formula is C26H30N2O2. The van der Waals surface area contributed by atoms with Gasteiger partial charge in [-0.25, -0.2) is 0 Å². The highest BCUT2D eigenvalue weighted by atomic mass is 16.6. The van der Waals surface area contributed by atoms with Crippen LogP contribution in [0.25, 0.3) is 10.8 Å². The number of likely N-dealkylation sites (tertiary alicyclic amines) is 1. The summed E-state index contributed by atoms with van der Waals surface area (Å²) < 4.78 is 5.32. The van der Waals surface area contributed by atoms with Gasteiger partial charge in [0, 0.05) is 17.7 Å². The molecule has 0 radical (unpaired) electrons. The monoisotopic (exact) mass is 402 g/mol. The minimum atomic E-state index is 0.626. The van der Waals surface area contributed by atoms with Gasteiger partial charge in [-0.15, -0.1) is 0 Å². The Balaban J connectivity index is 1.54. The second-order valence-electron chi connectivity index (χ2n) is 7.78. The maximum Gasteiger partial charge on any atom is 0.118 e. The van der Waals surface area contributed by atoms with Crippen LogP contribution in [0.4, 0.5) is 0 Å². The molecule has 0 aromatic heterocycles. The summed E-state index contributed by atoms with van der Waals surface area (Å²) in [4.78, 5) is 8.36. The van der Waals surface area contributed by atoms with Crippen molar-refractivity contribution in [1.29, 1.82) is 0 Å². The Hall–Kier alpha value is -2.85. The largest absolute Gasteiger partial charge is 0.497 e. The van der Waals surface area contributed by atoms with Crippen LogP contribution in [0, 0.1) is 0 Å². The second-order valence-corrected chi connectivity index (χ2v) is 7.78. The molecule has 1 heterocycles. The molecule has 0 N–H and O–H groups in total. The van der Waals surface area contributed by atoms with E-state index in [0.717, 1.165) is 35.6 Å². The fraction of sp³-hybridized carbons (Fsp3) is 0.346. The van der Waals surface area contributed by atoms with Crippen LogP contribution in [0.15, 0.2) is 71.9 Å². The van der Waals surface area contributed by atoms with Gasteiger partial charge in [0.1, 0.15) is 18.1 Å². The molecule has 3 aromatic rings. The number of hydrogen-bond acceptors (Lipinski definition) is 4. The van der Waals surface area contributed by atoms with E-state index >= 15 is 0 Å². The van der Waals surface area contributed by atoms with Crippen molar-refractivity contribution >= 4 is 16.5 Å². The summed E-state index contributed by atoms with van der Waals surface area (Å²) in [6.07, 6.45) is 5.01. The summed E-state index contributed by atoms with van der Waals surface area (Å²) >= 11 is 0. The van der Waals surface area contributed by atoms with Gasteiger partial charge in [-0.3, -0.25) is 0 Å². The van der Waals surface area contributed by atoms with Gasteiger partial charge >= 0.3 is 0 Å². The van der Waals surface area contributed by atoms with Gasteiger partial charge < -0.3 is 14.5 Å². The van der Waals surface area contributed by atoms with E-state index in [1.165, 1.54) is 43.1 Å². The van der Waals surface area contributed by atoms with Gasteiger partial charge in [-0.05, 0) is 67.4 Å². The number of methoxy groups -OCH3 is 1. The van der Waals surface area contributed by atoms with E-state index in [1.54, 1.807) is 7.11 Å². The summed E-state index contributed by atoms with van der Waals surface area (Å²) in [7, 11) is 1.68. The number of benzene rings is 3. The molecule has 30 heavy (non-hydrogen) atoms. The van der Waals surface area contributed by atoms with Gasteiger partial charge in [0.15, 0.2) is 0 Å². The number of hydrogen-bond donors (Lipinski definition) is 0. The van der Waals surface area contributed by atoms with Crippen LogP contribution < -0.4 is 4.74 Å². The average molecular weight is 403 g/mol. The predicted octanol–water partition coefficient (Wildman–Crippen LogP) is 5.49. The molecule has 0 aliphatic carbocycles. The lowest BCUT2D eigenvalue weighted by Gasteiger charge is -2.25. The summed E-state index contributed by atoms with van der Waals surface area (Å²) in [5.41, 5.74) is 2.95. The molecule has 0 amide bonds. The smallest absolute Gasteiger partial charge is 0.118 e. The van der Waals surface area contributed by atoms with Crippen molar-refractivity contribution in [2.75, 3.05) is 33.4 Å². The number of rotatable bonds is 8. The number of ether oxygens (including phenoxy) is 1. The first-order chi connectivity index (χ1) is 14.8. The van der Waals surface area contributed by atoms with Crippen molar-refractivity contribution in [3.63, 3.8) is 0 Å². The summed E-state index contributed by atoms with van der Waals surface area (Å²) in [5.74, 6) is 0.832. The summed E-state index contributed by atoms with van der Waals surface area (Å²) in [5, 5.41) is 6.98. The maximum atomic E-state index is 5.83. The van der Waals surface area contributed by atoms with E-state index in [0.29, 0.717) is 6.61 Å². The highest BCUT2D eigenvalue weighted by molar-refractivity contribution is 6.19. The molecule has 1 saturated heterocycles. The standard InChI is InChI=1S/C26H30N2O2/c1-29-23-15-13-22(14-16-23)26(25-12-7-10-21-9-3-4-11-24(21)25)27-30-20-8-19-28-17-5-2-6-18-28/h3-4,7,9-16H,2,5-6,8,17-20H2,1H3. The quantitative estimate of drug-likeness (QED) is 0.284. The first-order valence-electron chi connectivity index (χ1n) is 10.9. The Kier molecular flexibility index (Phi) is 6.99. The van der Waals surface area contributed by atoms with Gasteiger partial charge in [-0.2, -0.15) is 0 Å². The molecule has 3 aromatic carbocycles. The van der Waals surface area contributed by atoms with E-state index in [4.69, 9.17) is 9.57 Å². The highest BCUT2D eigenvalue weighted by Gasteiger charge is 2.13. The van der Waals surface area contributed by atoms with Crippen molar-refractivity contribution in [3.05, 3.63) is 77.9 Å². The number of nitrogens with zero attached hydrogens (tertiary/aromatic N) is 2. The lowest BCUT2D eigenvalue weighted by Crippen LogP contribution is -2.31. The normalized spacial score (nSPS) is 15.3. The molecule has 0 spiro atoms. The number of fused-ring (bicyclic) bond motifs is 1. The molecule has 0 atom stereocenters. The van der Waals surface area contributed by atoms with Gasteiger partial charge in [0.25, 0.3) is 0 Å². The van der Waals surface area contributed by atoms with Crippen molar-refractivity contribution in [2.45, 2.75) is 25.7 Å². The van der Waals surface area contributed by atoms with Crippen LogP contribution in [-0.4, -0.2) is 44.0 Å². The van der Waals surface area contributed by atoms with E-state index in [1.807, 2.05) is 24.3 Å². The lowest BCUT2D eigenvalue weighted by molar-refractivity contribution is 0.124. The number of piperidine rings is 1. The van der Waals surface area contributed by atoms with Gasteiger partial charge in [-0.1, -0.05) is 54.0 Å². The fourth-order valence-corrected chi connectivity index (χ4v) is 4.08. The third kappa shape index (κ3) is 5.00. The Labute approximate surface area is 179 Å². The van der Waals surface area contributed by atoms with E-state index in [9.17, 15) is 0 Å². The SMILES string of the molecule is COc1ccc(C(=NOCCCN2CCCCC2)c2cccc3ccccc23)cc1. The van der Waals surface area contributed by atoms with E-state index in [2.05, 4.69) is 52.5 Å².